The Morgan fingerprint density at radius 3 is 2.52 bits per heavy atom. The lowest BCUT2D eigenvalue weighted by Crippen LogP contribution is -2.31. The Morgan fingerprint density at radius 1 is 0.967 bits per heavy atom. The Kier molecular flexibility index (Phi) is 11.2. The number of pyridine rings is 1. The molecule has 1 atom stereocenters. The number of hydrogen-bond acceptors (Lipinski definition) is 10. The molecule has 60 heavy (non-hydrogen) atoms. The monoisotopic (exact) mass is 840 g/mol. The number of benzene rings is 4. The van der Waals surface area contributed by atoms with Crippen molar-refractivity contribution in [1.29, 1.82) is 0 Å². The number of sulfonamides is 1. The summed E-state index contributed by atoms with van der Waals surface area (Å²) >= 11 is 0. The lowest BCUT2D eigenvalue weighted by molar-refractivity contribution is -0.384. The second kappa shape index (κ2) is 16.7. The van der Waals surface area contributed by atoms with Crippen LogP contribution in [0.25, 0.3) is 22.2 Å². The number of nitro groups is 1. The Hall–Kier alpha value is -6.46. The van der Waals surface area contributed by atoms with E-state index >= 15 is 0 Å². The molecule has 0 bridgehead atoms. The van der Waals surface area contributed by atoms with E-state index in [1.807, 2.05) is 29.0 Å². The van der Waals surface area contributed by atoms with Crippen LogP contribution in [-0.4, -0.2) is 55.5 Å². The molecule has 1 unspecified atom stereocenters. The molecule has 8 rings (SSSR count). The molecule has 2 aromatic heterocycles. The van der Waals surface area contributed by atoms with Gasteiger partial charge in [0.25, 0.3) is 21.6 Å². The van der Waals surface area contributed by atoms with Gasteiger partial charge in [0.2, 0.25) is 0 Å². The molecule has 0 saturated carbocycles. The van der Waals surface area contributed by atoms with Crippen molar-refractivity contribution in [2.24, 2.45) is 5.92 Å². The highest BCUT2D eigenvalue weighted by Crippen LogP contribution is 2.40. The third-order valence-electron chi connectivity index (χ3n) is 10.8. The molecule has 4 heterocycles. The minimum Gasteiger partial charge on any atom is -0.455 e. The summed E-state index contributed by atoms with van der Waals surface area (Å²) in [6.45, 7) is 2.31. The van der Waals surface area contributed by atoms with Crippen molar-refractivity contribution in [1.82, 2.24) is 14.7 Å². The predicted molar refractivity (Wildman–Crippen MR) is 219 cm³/mol. The molecule has 3 N–H and O–H groups in total. The molecule has 2 aliphatic rings. The fourth-order valence-electron chi connectivity index (χ4n) is 7.69. The largest absolute Gasteiger partial charge is 0.455 e. The highest BCUT2D eigenvalue weighted by molar-refractivity contribution is 7.90. The van der Waals surface area contributed by atoms with Crippen molar-refractivity contribution < 1.29 is 40.8 Å². The van der Waals surface area contributed by atoms with E-state index in [4.69, 9.17) is 9.47 Å². The second-order valence-electron chi connectivity index (χ2n) is 14.7. The zero-order chi connectivity index (χ0) is 42.0. The van der Waals surface area contributed by atoms with Gasteiger partial charge in [0.15, 0.2) is 0 Å². The van der Waals surface area contributed by atoms with Crippen molar-refractivity contribution in [3.05, 3.63) is 136 Å². The van der Waals surface area contributed by atoms with Crippen LogP contribution >= 0.6 is 0 Å². The molecule has 17 heteroatoms. The van der Waals surface area contributed by atoms with Crippen LogP contribution in [-0.2, 0) is 20.9 Å². The molecular formula is C43H39F3N6O7S. The van der Waals surface area contributed by atoms with Crippen LogP contribution in [0.4, 0.5) is 30.2 Å². The molecule has 0 spiro atoms. The number of fused-ring (bicyclic) bond motifs is 1. The molecule has 2 saturated heterocycles. The standard InChI is InChI=1S/C43H39F3N6O7S/c44-43(45,46)32-4-1-3-30(21-32)38-5-2-18-51(38)33-9-6-28(7-10-33)29-8-12-36(40(23-29)59-34-22-31-14-17-47-41(31)49-26-34)42(53)50-60(56,57)35-11-13-37(39(24-35)52(54)55)48-25-27-15-19-58-20-16-27/h1,3-4,6-14,17,21-24,26-27,38,48H,2,5,15-16,18-20,25H2,(H,47,49)(H,50,53). The quantitative estimate of drug-likeness (QED) is 0.0798. The number of aromatic nitrogens is 2. The van der Waals surface area contributed by atoms with Gasteiger partial charge in [0.1, 0.15) is 22.8 Å². The van der Waals surface area contributed by atoms with Crippen LogP contribution in [0.5, 0.6) is 11.5 Å². The van der Waals surface area contributed by atoms with Crippen molar-refractivity contribution >= 4 is 44.0 Å². The number of rotatable bonds is 12. The number of ether oxygens (including phenoxy) is 2. The summed E-state index contributed by atoms with van der Waals surface area (Å²) in [6, 6.07) is 24.2. The maximum atomic E-state index is 13.8. The fourth-order valence-corrected chi connectivity index (χ4v) is 8.67. The number of halogens is 3. The van der Waals surface area contributed by atoms with Gasteiger partial charge in [-0.1, -0.05) is 30.3 Å². The van der Waals surface area contributed by atoms with Crippen LogP contribution in [0.2, 0.25) is 0 Å². The molecule has 2 aliphatic heterocycles. The van der Waals surface area contributed by atoms with Crippen LogP contribution in [0, 0.1) is 16.0 Å². The molecule has 310 valence electrons. The zero-order valence-electron chi connectivity index (χ0n) is 31.9. The normalized spacial score (nSPS) is 16.2. The Labute approximate surface area is 342 Å². The molecule has 0 radical (unpaired) electrons. The van der Waals surface area contributed by atoms with Crippen LogP contribution in [0.1, 0.15) is 53.2 Å². The van der Waals surface area contributed by atoms with Crippen LogP contribution in [0.3, 0.4) is 0 Å². The van der Waals surface area contributed by atoms with Crippen molar-refractivity contribution in [3.8, 4) is 22.6 Å². The molecule has 13 nitrogen and oxygen atoms in total. The van der Waals surface area contributed by atoms with Gasteiger partial charge < -0.3 is 24.7 Å². The van der Waals surface area contributed by atoms with Gasteiger partial charge in [-0.05, 0) is 109 Å². The highest BCUT2D eigenvalue weighted by Gasteiger charge is 2.33. The molecule has 1 amide bonds. The smallest absolute Gasteiger partial charge is 0.416 e. The first-order valence-electron chi connectivity index (χ1n) is 19.3. The van der Waals surface area contributed by atoms with E-state index in [2.05, 4.69) is 20.2 Å². The third-order valence-corrected chi connectivity index (χ3v) is 12.2. The second-order valence-corrected chi connectivity index (χ2v) is 16.4. The number of carbonyl (C=O) groups excluding carboxylic acids is 1. The van der Waals surface area contributed by atoms with Crippen LogP contribution in [0.15, 0.2) is 114 Å². The average molecular weight is 841 g/mol. The summed E-state index contributed by atoms with van der Waals surface area (Å²) in [5, 5.41) is 15.8. The van der Waals surface area contributed by atoms with Gasteiger partial charge in [-0.2, -0.15) is 13.2 Å². The first-order chi connectivity index (χ1) is 28.8. The summed E-state index contributed by atoms with van der Waals surface area (Å²) in [4.78, 5) is 34.1. The lowest BCUT2D eigenvalue weighted by atomic mass is 10.00. The van der Waals surface area contributed by atoms with Crippen molar-refractivity contribution in [2.45, 2.75) is 42.8 Å². The fraction of sp³-hybridized carbons (Fsp3) is 0.256. The number of nitro benzene ring substituents is 1. The molecule has 0 aliphatic carbocycles. The summed E-state index contributed by atoms with van der Waals surface area (Å²) in [6.07, 6.45) is 1.81. The van der Waals surface area contributed by atoms with Gasteiger partial charge >= 0.3 is 6.18 Å². The zero-order valence-corrected chi connectivity index (χ0v) is 32.8. The maximum Gasteiger partial charge on any atom is 0.416 e. The van der Waals surface area contributed by atoms with Crippen molar-refractivity contribution in [3.63, 3.8) is 0 Å². The number of anilines is 2. The van der Waals surface area contributed by atoms with E-state index in [0.29, 0.717) is 49.5 Å². The van der Waals surface area contributed by atoms with E-state index < -0.39 is 43.2 Å². The minimum atomic E-state index is -4.62. The Bertz CT molecular complexity index is 2670. The Balaban J connectivity index is 1.06. The number of H-pyrrole nitrogens is 1. The summed E-state index contributed by atoms with van der Waals surface area (Å²) in [7, 11) is -4.62. The topological polar surface area (TPSA) is 169 Å². The molecular weight excluding hydrogens is 802 g/mol. The van der Waals surface area contributed by atoms with Gasteiger partial charge in [-0.3, -0.25) is 14.9 Å². The number of nitrogens with zero attached hydrogens (tertiary/aromatic N) is 3. The SMILES string of the molecule is O=C(NS(=O)(=O)c1ccc(NCC2CCOCC2)c([N+](=O)[O-])c1)c1ccc(-c2ccc(N3CCCC3c3cccc(C(F)(F)F)c3)cc2)cc1Oc1cnc2[nH]ccc2c1. The predicted octanol–water partition coefficient (Wildman–Crippen LogP) is 9.25. The first-order valence-corrected chi connectivity index (χ1v) is 20.8. The molecule has 4 aromatic carbocycles. The minimum absolute atomic E-state index is 0.00348. The van der Waals surface area contributed by atoms with E-state index in [1.165, 1.54) is 36.5 Å². The third kappa shape index (κ3) is 8.77. The molecule has 6 aromatic rings. The van der Waals surface area contributed by atoms with Gasteiger partial charge in [0, 0.05) is 49.6 Å². The maximum absolute atomic E-state index is 13.8. The van der Waals surface area contributed by atoms with E-state index in [-0.39, 0.29) is 34.7 Å². The van der Waals surface area contributed by atoms with Gasteiger partial charge in [0.05, 0.1) is 33.2 Å². The van der Waals surface area contributed by atoms with Gasteiger partial charge in [-0.15, -0.1) is 0 Å². The summed E-state index contributed by atoms with van der Waals surface area (Å²) in [5.74, 6) is -0.529. The van der Waals surface area contributed by atoms with Crippen LogP contribution < -0.4 is 19.7 Å². The van der Waals surface area contributed by atoms with Gasteiger partial charge in [-0.25, -0.2) is 18.1 Å². The van der Waals surface area contributed by atoms with E-state index in [9.17, 15) is 36.5 Å². The summed E-state index contributed by atoms with van der Waals surface area (Å²) < 4.78 is 81.4. The average Bonchev–Trinajstić information content (AvgIpc) is 3.93. The number of aromatic amines is 1. The molecule has 2 fully saturated rings. The number of carbonyl (C=O) groups is 1. The first kappa shape index (κ1) is 40.3. The highest BCUT2D eigenvalue weighted by atomic mass is 32.2. The van der Waals surface area contributed by atoms with E-state index in [0.717, 1.165) is 48.0 Å². The number of nitrogens with one attached hydrogen (secondary N) is 3. The number of hydrogen-bond donors (Lipinski definition) is 3. The Morgan fingerprint density at radius 2 is 1.75 bits per heavy atom. The number of alkyl halides is 3. The lowest BCUT2D eigenvalue weighted by Gasteiger charge is -2.28. The van der Waals surface area contributed by atoms with E-state index in [1.54, 1.807) is 36.5 Å². The number of amides is 1. The summed E-state index contributed by atoms with van der Waals surface area (Å²) in [5.41, 5.74) is 2.21. The van der Waals surface area contributed by atoms with Crippen molar-refractivity contribution in [2.75, 3.05) is 36.5 Å².